The van der Waals surface area contributed by atoms with Gasteiger partial charge in [0.25, 0.3) is 5.91 Å². The van der Waals surface area contributed by atoms with Crippen LogP contribution in [0.1, 0.15) is 18.9 Å². The van der Waals surface area contributed by atoms with Gasteiger partial charge in [0.15, 0.2) is 6.61 Å². The van der Waals surface area contributed by atoms with Gasteiger partial charge in [-0.2, -0.15) is 0 Å². The third kappa shape index (κ3) is 7.45. The van der Waals surface area contributed by atoms with Gasteiger partial charge in [-0.25, -0.2) is 0 Å². The van der Waals surface area contributed by atoms with Crippen LogP contribution >= 0.6 is 15.9 Å². The van der Waals surface area contributed by atoms with E-state index in [1.807, 2.05) is 18.2 Å². The average molecular weight is 359 g/mol. The maximum atomic E-state index is 11.6. The van der Waals surface area contributed by atoms with Crippen LogP contribution in [0.4, 0.5) is 0 Å². The number of halogens is 1. The van der Waals surface area contributed by atoms with Gasteiger partial charge < -0.3 is 20.1 Å². The number of rotatable bonds is 10. The molecule has 0 bridgehead atoms. The average Bonchev–Trinajstić information content (AvgIpc) is 2.49. The minimum Gasteiger partial charge on any atom is -0.484 e. The van der Waals surface area contributed by atoms with Crippen LogP contribution in [0.3, 0.4) is 0 Å². The van der Waals surface area contributed by atoms with E-state index >= 15 is 0 Å². The molecule has 0 unspecified atom stereocenters. The van der Waals surface area contributed by atoms with Crippen molar-refractivity contribution in [3.05, 3.63) is 28.2 Å². The highest BCUT2D eigenvalue weighted by Crippen LogP contribution is 2.22. The zero-order valence-electron chi connectivity index (χ0n) is 12.6. The summed E-state index contributed by atoms with van der Waals surface area (Å²) in [4.78, 5) is 11.6. The number of hydrogen-bond donors (Lipinski definition) is 2. The van der Waals surface area contributed by atoms with E-state index in [4.69, 9.17) is 9.47 Å². The summed E-state index contributed by atoms with van der Waals surface area (Å²) < 4.78 is 11.5. The van der Waals surface area contributed by atoms with E-state index in [9.17, 15) is 4.79 Å². The molecule has 0 aromatic heterocycles. The number of benzene rings is 1. The molecule has 6 heteroatoms. The molecule has 0 saturated carbocycles. The third-order valence-electron chi connectivity index (χ3n) is 2.80. The SMILES string of the molecule is CCNCc1cc(OCC(=O)NCCCOC)ccc1Br. The Kier molecular flexibility index (Phi) is 9.05. The molecule has 0 fully saturated rings. The lowest BCUT2D eigenvalue weighted by Gasteiger charge is -2.10. The van der Waals surface area contributed by atoms with Gasteiger partial charge in [0.2, 0.25) is 0 Å². The third-order valence-corrected chi connectivity index (χ3v) is 3.57. The first-order valence-electron chi connectivity index (χ1n) is 7.05. The van der Waals surface area contributed by atoms with E-state index in [2.05, 4.69) is 33.5 Å². The molecule has 0 heterocycles. The first kappa shape index (κ1) is 17.9. The molecule has 0 aliphatic heterocycles. The molecule has 5 nitrogen and oxygen atoms in total. The molecule has 0 aliphatic rings. The van der Waals surface area contributed by atoms with Gasteiger partial charge >= 0.3 is 0 Å². The molecule has 1 amide bonds. The molecule has 21 heavy (non-hydrogen) atoms. The van der Waals surface area contributed by atoms with Crippen molar-refractivity contribution in [1.82, 2.24) is 10.6 Å². The fourth-order valence-electron chi connectivity index (χ4n) is 1.68. The van der Waals surface area contributed by atoms with Crippen molar-refractivity contribution in [2.75, 3.05) is 33.4 Å². The van der Waals surface area contributed by atoms with Crippen LogP contribution in [0.2, 0.25) is 0 Å². The maximum absolute atomic E-state index is 11.6. The van der Waals surface area contributed by atoms with E-state index in [0.717, 1.165) is 29.5 Å². The van der Waals surface area contributed by atoms with Crippen molar-refractivity contribution in [3.63, 3.8) is 0 Å². The molecular formula is C15H23BrN2O3. The molecule has 1 aromatic rings. The van der Waals surface area contributed by atoms with E-state index in [-0.39, 0.29) is 12.5 Å². The van der Waals surface area contributed by atoms with Crippen LogP contribution in [0.15, 0.2) is 22.7 Å². The van der Waals surface area contributed by atoms with Crippen molar-refractivity contribution < 1.29 is 14.3 Å². The van der Waals surface area contributed by atoms with Crippen LogP contribution in [0.5, 0.6) is 5.75 Å². The van der Waals surface area contributed by atoms with Gasteiger partial charge in [-0.3, -0.25) is 4.79 Å². The van der Waals surface area contributed by atoms with Crippen LogP contribution in [0, 0.1) is 0 Å². The zero-order chi connectivity index (χ0) is 15.5. The monoisotopic (exact) mass is 358 g/mol. The summed E-state index contributed by atoms with van der Waals surface area (Å²) in [7, 11) is 1.64. The lowest BCUT2D eigenvalue weighted by molar-refractivity contribution is -0.123. The molecule has 118 valence electrons. The first-order valence-corrected chi connectivity index (χ1v) is 7.84. The molecular weight excluding hydrogens is 336 g/mol. The van der Waals surface area contributed by atoms with Gasteiger partial charge in [0.05, 0.1) is 0 Å². The number of hydrogen-bond acceptors (Lipinski definition) is 4. The number of carbonyl (C=O) groups is 1. The fraction of sp³-hybridized carbons (Fsp3) is 0.533. The molecule has 0 atom stereocenters. The predicted molar refractivity (Wildman–Crippen MR) is 86.5 cm³/mol. The minimum absolute atomic E-state index is 0.0231. The van der Waals surface area contributed by atoms with Crippen molar-refractivity contribution in [2.24, 2.45) is 0 Å². The van der Waals surface area contributed by atoms with Crippen LogP contribution in [0.25, 0.3) is 0 Å². The molecule has 0 saturated heterocycles. The van der Waals surface area contributed by atoms with E-state index in [0.29, 0.717) is 18.9 Å². The van der Waals surface area contributed by atoms with Crippen molar-refractivity contribution in [1.29, 1.82) is 0 Å². The Hall–Kier alpha value is -1.11. The van der Waals surface area contributed by atoms with E-state index < -0.39 is 0 Å². The van der Waals surface area contributed by atoms with Crippen molar-refractivity contribution in [2.45, 2.75) is 19.9 Å². The zero-order valence-corrected chi connectivity index (χ0v) is 14.2. The quantitative estimate of drug-likeness (QED) is 0.628. The summed E-state index contributed by atoms with van der Waals surface area (Å²) in [5.74, 6) is 0.570. The van der Waals surface area contributed by atoms with Gasteiger partial charge in [-0.15, -0.1) is 0 Å². The molecule has 1 rings (SSSR count). The Morgan fingerprint density at radius 3 is 2.90 bits per heavy atom. The number of nitrogens with one attached hydrogen (secondary N) is 2. The summed E-state index contributed by atoms with van der Waals surface area (Å²) >= 11 is 3.50. The minimum atomic E-state index is -0.123. The van der Waals surface area contributed by atoms with Gasteiger partial charge in [-0.05, 0) is 36.7 Å². The standard InChI is InChI=1S/C15H23BrN2O3/c1-3-17-10-12-9-13(5-6-14(12)16)21-11-15(19)18-7-4-8-20-2/h5-6,9,17H,3-4,7-8,10-11H2,1-2H3,(H,18,19). The maximum Gasteiger partial charge on any atom is 0.257 e. The molecule has 1 aromatic carbocycles. The van der Waals surface area contributed by atoms with Crippen molar-refractivity contribution in [3.8, 4) is 5.75 Å². The first-order chi connectivity index (χ1) is 10.2. The topological polar surface area (TPSA) is 59.6 Å². The second-order valence-electron chi connectivity index (χ2n) is 4.52. The molecule has 0 aliphatic carbocycles. The van der Waals surface area contributed by atoms with Gasteiger partial charge in [0, 0.05) is 31.3 Å². The highest BCUT2D eigenvalue weighted by atomic mass is 79.9. The van der Waals surface area contributed by atoms with E-state index in [1.54, 1.807) is 7.11 Å². The van der Waals surface area contributed by atoms with Gasteiger partial charge in [0.1, 0.15) is 5.75 Å². The Morgan fingerprint density at radius 2 is 2.19 bits per heavy atom. The number of carbonyl (C=O) groups excluding carboxylic acids is 1. The second-order valence-corrected chi connectivity index (χ2v) is 5.37. The molecule has 0 spiro atoms. The van der Waals surface area contributed by atoms with E-state index in [1.165, 1.54) is 0 Å². The lowest BCUT2D eigenvalue weighted by atomic mass is 10.2. The smallest absolute Gasteiger partial charge is 0.257 e. The summed E-state index contributed by atoms with van der Waals surface area (Å²) in [6.45, 7) is 4.99. The molecule has 0 radical (unpaired) electrons. The number of amides is 1. The number of ether oxygens (including phenoxy) is 2. The Labute approximate surface area is 134 Å². The van der Waals surface area contributed by atoms with Gasteiger partial charge in [-0.1, -0.05) is 22.9 Å². The molecule has 2 N–H and O–H groups in total. The second kappa shape index (κ2) is 10.6. The predicted octanol–water partition coefficient (Wildman–Crippen LogP) is 2.09. The highest BCUT2D eigenvalue weighted by molar-refractivity contribution is 9.10. The number of methoxy groups -OCH3 is 1. The summed E-state index contributed by atoms with van der Waals surface area (Å²) in [6, 6.07) is 5.71. The lowest BCUT2D eigenvalue weighted by Crippen LogP contribution is -2.30. The van der Waals surface area contributed by atoms with Crippen LogP contribution in [-0.2, 0) is 16.1 Å². The Balaban J connectivity index is 2.38. The summed E-state index contributed by atoms with van der Waals surface area (Å²) in [5.41, 5.74) is 1.11. The fourth-order valence-corrected chi connectivity index (χ4v) is 2.07. The van der Waals surface area contributed by atoms with Crippen LogP contribution < -0.4 is 15.4 Å². The summed E-state index contributed by atoms with van der Waals surface area (Å²) in [5, 5.41) is 6.04. The van der Waals surface area contributed by atoms with Crippen LogP contribution in [-0.4, -0.2) is 39.3 Å². The highest BCUT2D eigenvalue weighted by Gasteiger charge is 2.05. The Morgan fingerprint density at radius 1 is 1.38 bits per heavy atom. The summed E-state index contributed by atoms with van der Waals surface area (Å²) in [6.07, 6.45) is 0.799. The largest absolute Gasteiger partial charge is 0.484 e. The Bertz CT molecular complexity index is 441. The normalized spacial score (nSPS) is 10.4. The van der Waals surface area contributed by atoms with Crippen molar-refractivity contribution >= 4 is 21.8 Å².